The van der Waals surface area contributed by atoms with E-state index in [9.17, 15) is 19.2 Å². The summed E-state index contributed by atoms with van der Waals surface area (Å²) < 4.78 is 9.69. The summed E-state index contributed by atoms with van der Waals surface area (Å²) in [6, 6.07) is 20.0. The molecule has 3 aliphatic heterocycles. The van der Waals surface area contributed by atoms with Gasteiger partial charge in [-0.1, -0.05) is 70.5 Å². The average molecular weight is 826 g/mol. The highest BCUT2D eigenvalue weighted by molar-refractivity contribution is 6.08. The molecule has 3 N–H and O–H groups in total. The minimum absolute atomic E-state index is 0.0459. The lowest BCUT2D eigenvalue weighted by Crippen LogP contribution is -2.56. The van der Waals surface area contributed by atoms with Crippen LogP contribution < -0.4 is 10.6 Å². The molecule has 0 radical (unpaired) electrons. The van der Waals surface area contributed by atoms with Crippen LogP contribution in [0.25, 0.3) is 43.7 Å². The number of benzene rings is 4. The van der Waals surface area contributed by atoms with Gasteiger partial charge in [-0.05, 0) is 107 Å². The summed E-state index contributed by atoms with van der Waals surface area (Å²) in [6.07, 6.45) is 5.19. The molecule has 0 unspecified atom stereocenters. The van der Waals surface area contributed by atoms with E-state index in [0.29, 0.717) is 18.9 Å². The Hall–Kier alpha value is -5.98. The van der Waals surface area contributed by atoms with Gasteiger partial charge in [0.1, 0.15) is 17.9 Å². The van der Waals surface area contributed by atoms with Crippen molar-refractivity contribution < 1.29 is 28.7 Å². The van der Waals surface area contributed by atoms with E-state index in [0.717, 1.165) is 99.5 Å². The van der Waals surface area contributed by atoms with Crippen LogP contribution in [0, 0.1) is 17.8 Å². The molecule has 318 valence electrons. The molecule has 1 saturated carbocycles. The maximum atomic E-state index is 14.3. The number of aromatic nitrogens is 2. The van der Waals surface area contributed by atoms with Crippen molar-refractivity contribution >= 4 is 68.0 Å². The Bertz CT molecular complexity index is 2600. The van der Waals surface area contributed by atoms with Gasteiger partial charge in [0.2, 0.25) is 11.8 Å². The zero-order chi connectivity index (χ0) is 42.7. The van der Waals surface area contributed by atoms with Crippen LogP contribution in [0.5, 0.6) is 0 Å². The van der Waals surface area contributed by atoms with Crippen LogP contribution >= 0.6 is 0 Å². The lowest BCUT2D eigenvalue weighted by molar-refractivity contribution is -0.136. The van der Waals surface area contributed by atoms with E-state index in [1.165, 1.54) is 19.8 Å². The van der Waals surface area contributed by atoms with E-state index >= 15 is 0 Å². The van der Waals surface area contributed by atoms with E-state index in [2.05, 4.69) is 81.2 Å². The number of carbonyl (C=O) groups is 4. The molecule has 1 aromatic heterocycles. The average Bonchev–Trinajstić information content (AvgIpc) is 4.11. The molecule has 4 aliphatic rings. The molecule has 0 spiro atoms. The van der Waals surface area contributed by atoms with Crippen molar-refractivity contribution in [3.05, 3.63) is 72.1 Å². The smallest absolute Gasteiger partial charge is 0.407 e. The van der Waals surface area contributed by atoms with Gasteiger partial charge >= 0.3 is 12.2 Å². The molecular formula is C48H55N7O6. The molecule has 61 heavy (non-hydrogen) atoms. The number of imidazole rings is 1. The van der Waals surface area contributed by atoms with E-state index < -0.39 is 24.3 Å². The summed E-state index contributed by atoms with van der Waals surface area (Å²) in [7, 11) is 2.63. The van der Waals surface area contributed by atoms with Gasteiger partial charge in [0, 0.05) is 30.1 Å². The summed E-state index contributed by atoms with van der Waals surface area (Å²) in [6.45, 7) is 8.34. The first-order valence-electron chi connectivity index (χ1n) is 21.8. The number of aromatic amines is 1. The number of hydrogen-bond donors (Lipinski definition) is 3. The Labute approximate surface area is 355 Å². The monoisotopic (exact) mass is 825 g/mol. The van der Waals surface area contributed by atoms with E-state index in [4.69, 9.17) is 19.5 Å². The first-order valence-corrected chi connectivity index (χ1v) is 21.8. The van der Waals surface area contributed by atoms with Crippen LogP contribution in [0.4, 0.5) is 15.3 Å². The van der Waals surface area contributed by atoms with Crippen molar-refractivity contribution in [2.24, 2.45) is 22.7 Å². The number of methoxy groups -OCH3 is 2. The quantitative estimate of drug-likeness (QED) is 0.135. The predicted molar refractivity (Wildman–Crippen MR) is 236 cm³/mol. The Morgan fingerprint density at radius 3 is 2.10 bits per heavy atom. The summed E-state index contributed by atoms with van der Waals surface area (Å²) in [5, 5.41) is 9.94. The highest BCUT2D eigenvalue weighted by atomic mass is 16.5. The second-order valence-corrected chi connectivity index (χ2v) is 18.0. The van der Waals surface area contributed by atoms with Gasteiger partial charge in [0.15, 0.2) is 0 Å². The van der Waals surface area contributed by atoms with Crippen molar-refractivity contribution in [3.63, 3.8) is 0 Å². The standard InChI is InChI=1S/C48H55N7O6/c1-25(2)41(52-47(58)60-5)45(56)54-20-8-11-39(54)44-50-36-19-15-30-22-28(13-17-33(30)43(36)51-44)27-12-16-32-29(21-27)14-18-35-34(32)24-37(49-35)40-23-31-9-7-10-38(31)55(40)46(57)42(26(3)4)53-48(59)61-6/h12-19,21-22,25-26,31,38-42H,7-11,20,23-24H2,1-6H3,(H,50,51)(H,52,58)(H,53,59)/t31-,38-,39-,40-,41-,42-/m0/s1. The molecule has 6 atom stereocenters. The molecule has 5 aromatic rings. The van der Waals surface area contributed by atoms with Gasteiger partial charge in [-0.25, -0.2) is 14.6 Å². The van der Waals surface area contributed by atoms with E-state index in [-0.39, 0.29) is 41.8 Å². The van der Waals surface area contributed by atoms with Crippen molar-refractivity contribution in [3.8, 4) is 11.1 Å². The number of H-pyrrole nitrogens is 1. The molecule has 4 heterocycles. The molecule has 13 nitrogen and oxygen atoms in total. The normalized spacial score (nSPS) is 21.9. The number of aliphatic imine (C=N–C) groups is 1. The molecule has 13 heteroatoms. The number of carbonyl (C=O) groups excluding carboxylic acids is 4. The van der Waals surface area contributed by atoms with E-state index in [1.807, 2.05) is 32.6 Å². The Kier molecular flexibility index (Phi) is 10.7. The van der Waals surface area contributed by atoms with Crippen LogP contribution in [0.2, 0.25) is 0 Å². The van der Waals surface area contributed by atoms with Crippen molar-refractivity contribution in [1.29, 1.82) is 0 Å². The first-order chi connectivity index (χ1) is 29.4. The lowest BCUT2D eigenvalue weighted by Gasteiger charge is -2.34. The molecule has 3 fully saturated rings. The first kappa shape index (κ1) is 40.4. The summed E-state index contributed by atoms with van der Waals surface area (Å²) >= 11 is 0. The molecule has 4 amide bonds. The molecular weight excluding hydrogens is 771 g/mol. The van der Waals surface area contributed by atoms with Crippen LogP contribution in [0.15, 0.2) is 65.7 Å². The van der Waals surface area contributed by atoms with Gasteiger partial charge in [0.25, 0.3) is 0 Å². The highest BCUT2D eigenvalue weighted by Gasteiger charge is 2.50. The fourth-order valence-electron chi connectivity index (χ4n) is 10.5. The number of rotatable bonds is 9. The number of nitrogens with one attached hydrogen (secondary N) is 3. The number of amides is 4. The van der Waals surface area contributed by atoms with Crippen molar-refractivity contribution in [2.45, 2.75) is 103 Å². The Morgan fingerprint density at radius 2 is 1.41 bits per heavy atom. The minimum Gasteiger partial charge on any atom is -0.453 e. The Morgan fingerprint density at radius 1 is 0.754 bits per heavy atom. The van der Waals surface area contributed by atoms with Crippen molar-refractivity contribution in [2.75, 3.05) is 20.8 Å². The molecule has 9 rings (SSSR count). The second-order valence-electron chi connectivity index (χ2n) is 18.0. The lowest BCUT2D eigenvalue weighted by atomic mass is 9.93. The Balaban J connectivity index is 0.955. The van der Waals surface area contributed by atoms with Crippen molar-refractivity contribution in [1.82, 2.24) is 30.4 Å². The third kappa shape index (κ3) is 7.25. The number of alkyl carbamates (subject to hydrolysis) is 2. The van der Waals surface area contributed by atoms with Crippen LogP contribution in [-0.4, -0.2) is 94.4 Å². The summed E-state index contributed by atoms with van der Waals surface area (Å²) in [5.41, 5.74) is 7.16. The number of fused-ring (bicyclic) bond motifs is 7. The topological polar surface area (TPSA) is 158 Å². The minimum atomic E-state index is -0.694. The van der Waals surface area contributed by atoms with Crippen LogP contribution in [0.3, 0.4) is 0 Å². The molecule has 1 aliphatic carbocycles. The van der Waals surface area contributed by atoms with Gasteiger partial charge in [-0.15, -0.1) is 0 Å². The fourth-order valence-corrected chi connectivity index (χ4v) is 10.5. The van der Waals surface area contributed by atoms with Gasteiger partial charge < -0.3 is 34.9 Å². The number of ether oxygens (including phenoxy) is 2. The van der Waals surface area contributed by atoms with Gasteiger partial charge in [-0.3, -0.25) is 14.6 Å². The zero-order valence-corrected chi connectivity index (χ0v) is 35.8. The molecule has 4 aromatic carbocycles. The van der Waals surface area contributed by atoms with Gasteiger partial charge in [0.05, 0.1) is 43.0 Å². The molecule has 0 bridgehead atoms. The summed E-state index contributed by atoms with van der Waals surface area (Å²) in [4.78, 5) is 70.1. The fraction of sp³-hybridized carbons (Fsp3) is 0.458. The van der Waals surface area contributed by atoms with Gasteiger partial charge in [-0.2, -0.15) is 0 Å². The number of likely N-dealkylation sites (tertiary alicyclic amines) is 2. The largest absolute Gasteiger partial charge is 0.453 e. The predicted octanol–water partition coefficient (Wildman–Crippen LogP) is 8.36. The maximum Gasteiger partial charge on any atom is 0.407 e. The SMILES string of the molecule is COC(=O)N[C@H](C(=O)N1CCC[C@H]1c1nc2c(ccc3cc(-c4ccc5c6c(ccc5c4)N=C([C@@H]4C[C@@H]5CCC[C@@H]5N4C(=O)[C@@H](NC(=O)OC)C(C)C)C6)ccc32)[nH]1)C(C)C. The highest BCUT2D eigenvalue weighted by Crippen LogP contribution is 2.45. The molecule has 2 saturated heterocycles. The maximum absolute atomic E-state index is 14.3. The van der Waals surface area contributed by atoms with Crippen LogP contribution in [0.1, 0.15) is 83.6 Å². The zero-order valence-electron chi connectivity index (χ0n) is 35.8. The number of nitrogens with zero attached hydrogens (tertiary/aromatic N) is 4. The summed E-state index contributed by atoms with van der Waals surface area (Å²) in [5.74, 6) is 0.804. The van der Waals surface area contributed by atoms with E-state index in [1.54, 1.807) is 0 Å². The third-order valence-corrected chi connectivity index (χ3v) is 13.7. The number of hydrogen-bond acceptors (Lipinski definition) is 8. The van der Waals surface area contributed by atoms with Crippen LogP contribution in [-0.2, 0) is 25.5 Å². The third-order valence-electron chi connectivity index (χ3n) is 13.7. The second kappa shape index (κ2) is 16.1.